The van der Waals surface area contributed by atoms with Gasteiger partial charge in [0.1, 0.15) is 0 Å². The molecule has 17 heavy (non-hydrogen) atoms. The molecule has 0 fully saturated rings. The standard InChI is InChI=1S/C16H17N/c1-11(2)9-15-16-13(10-17-15)8-7-12-5-3-4-6-14(12)16/h3-8,10-11,16H,9H2,1-2H3/t16-/m0/s1. The van der Waals surface area contributed by atoms with Gasteiger partial charge in [-0.05, 0) is 29.0 Å². The molecule has 86 valence electrons. The highest BCUT2D eigenvalue weighted by Gasteiger charge is 2.29. The van der Waals surface area contributed by atoms with Crippen LogP contribution in [0.1, 0.15) is 37.3 Å². The van der Waals surface area contributed by atoms with Gasteiger partial charge in [-0.1, -0.05) is 50.3 Å². The van der Waals surface area contributed by atoms with E-state index in [2.05, 4.69) is 55.3 Å². The van der Waals surface area contributed by atoms with Gasteiger partial charge in [0, 0.05) is 17.8 Å². The number of fused-ring (bicyclic) bond motifs is 3. The van der Waals surface area contributed by atoms with E-state index in [1.54, 1.807) is 0 Å². The number of nitrogens with zero attached hydrogens (tertiary/aromatic N) is 1. The Hall–Kier alpha value is -1.63. The van der Waals surface area contributed by atoms with E-state index in [9.17, 15) is 0 Å². The molecule has 1 heteroatoms. The molecule has 0 amide bonds. The fourth-order valence-corrected chi connectivity index (χ4v) is 2.70. The Kier molecular flexibility index (Phi) is 2.47. The van der Waals surface area contributed by atoms with Crippen LogP contribution in [0.5, 0.6) is 0 Å². The van der Waals surface area contributed by atoms with Crippen molar-refractivity contribution in [1.29, 1.82) is 0 Å². The fraction of sp³-hybridized carbons (Fsp3) is 0.312. The zero-order valence-corrected chi connectivity index (χ0v) is 10.4. The van der Waals surface area contributed by atoms with Crippen molar-refractivity contribution in [2.24, 2.45) is 10.9 Å². The predicted molar refractivity (Wildman–Crippen MR) is 73.2 cm³/mol. The van der Waals surface area contributed by atoms with Gasteiger partial charge >= 0.3 is 0 Å². The maximum absolute atomic E-state index is 4.62. The van der Waals surface area contributed by atoms with E-state index in [1.165, 1.54) is 22.4 Å². The first kappa shape index (κ1) is 10.5. The predicted octanol–water partition coefficient (Wildman–Crippen LogP) is 4.18. The van der Waals surface area contributed by atoms with Crippen LogP contribution in [-0.2, 0) is 0 Å². The lowest BCUT2D eigenvalue weighted by molar-refractivity contribution is 0.676. The molecule has 0 unspecified atom stereocenters. The molecule has 0 saturated heterocycles. The van der Waals surface area contributed by atoms with Crippen molar-refractivity contribution in [2.45, 2.75) is 26.2 Å². The average Bonchev–Trinajstić information content (AvgIpc) is 2.72. The Morgan fingerprint density at radius 1 is 1.18 bits per heavy atom. The molecule has 1 nitrogen and oxygen atoms in total. The van der Waals surface area contributed by atoms with E-state index < -0.39 is 0 Å². The number of hydrogen-bond donors (Lipinski definition) is 0. The largest absolute Gasteiger partial charge is 0.264 e. The van der Waals surface area contributed by atoms with E-state index in [0.29, 0.717) is 11.8 Å². The second-order valence-corrected chi connectivity index (χ2v) is 5.24. The lowest BCUT2D eigenvalue weighted by Crippen LogP contribution is -2.16. The van der Waals surface area contributed by atoms with Crippen molar-refractivity contribution in [3.8, 4) is 0 Å². The highest BCUT2D eigenvalue weighted by Crippen LogP contribution is 2.39. The summed E-state index contributed by atoms with van der Waals surface area (Å²) in [5, 5.41) is 0. The van der Waals surface area contributed by atoms with E-state index in [4.69, 9.17) is 0 Å². The highest BCUT2D eigenvalue weighted by atomic mass is 14.8. The molecule has 1 atom stereocenters. The third-order valence-corrected chi connectivity index (χ3v) is 3.43. The smallest absolute Gasteiger partial charge is 0.0494 e. The average molecular weight is 223 g/mol. The van der Waals surface area contributed by atoms with Crippen molar-refractivity contribution in [1.82, 2.24) is 0 Å². The Bertz CT molecular complexity index is 532. The summed E-state index contributed by atoms with van der Waals surface area (Å²) in [7, 11) is 0. The maximum Gasteiger partial charge on any atom is 0.0494 e. The minimum absolute atomic E-state index is 0.415. The molecule has 1 aromatic carbocycles. The first-order chi connectivity index (χ1) is 8.25. The minimum Gasteiger partial charge on any atom is -0.264 e. The van der Waals surface area contributed by atoms with Gasteiger partial charge in [0.05, 0.1) is 0 Å². The molecule has 0 spiro atoms. The van der Waals surface area contributed by atoms with Crippen LogP contribution < -0.4 is 0 Å². The molecule has 0 N–H and O–H groups in total. The summed E-state index contributed by atoms with van der Waals surface area (Å²) in [6, 6.07) is 8.65. The van der Waals surface area contributed by atoms with Crippen LogP contribution in [-0.4, -0.2) is 5.71 Å². The Balaban J connectivity index is 2.02. The minimum atomic E-state index is 0.415. The summed E-state index contributed by atoms with van der Waals surface area (Å²) in [5.74, 6) is 1.08. The van der Waals surface area contributed by atoms with Gasteiger partial charge < -0.3 is 0 Å². The van der Waals surface area contributed by atoms with Crippen LogP contribution in [0, 0.1) is 5.92 Å². The summed E-state index contributed by atoms with van der Waals surface area (Å²) in [4.78, 5) is 4.62. The fourth-order valence-electron chi connectivity index (χ4n) is 2.70. The van der Waals surface area contributed by atoms with Crippen LogP contribution >= 0.6 is 0 Å². The van der Waals surface area contributed by atoms with Gasteiger partial charge in [-0.15, -0.1) is 0 Å². The lowest BCUT2D eigenvalue weighted by Gasteiger charge is -2.23. The van der Waals surface area contributed by atoms with Gasteiger partial charge in [0.25, 0.3) is 0 Å². The first-order valence-corrected chi connectivity index (χ1v) is 6.29. The number of benzene rings is 1. The number of rotatable bonds is 2. The monoisotopic (exact) mass is 223 g/mol. The molecular weight excluding hydrogens is 206 g/mol. The lowest BCUT2D eigenvalue weighted by atomic mass is 9.80. The normalized spacial score (nSPS) is 21.0. The van der Waals surface area contributed by atoms with Crippen molar-refractivity contribution in [3.63, 3.8) is 0 Å². The van der Waals surface area contributed by atoms with Crippen LogP contribution in [0.25, 0.3) is 6.08 Å². The van der Waals surface area contributed by atoms with Gasteiger partial charge in [0.15, 0.2) is 0 Å². The SMILES string of the molecule is CC(C)CC1=NC=C2C=Cc3ccccc3[C@H]21. The Labute approximate surface area is 103 Å². The summed E-state index contributed by atoms with van der Waals surface area (Å²) in [5.41, 5.74) is 5.43. The number of allylic oxidation sites excluding steroid dienone is 2. The molecule has 1 heterocycles. The molecular formula is C16H17N. The quantitative estimate of drug-likeness (QED) is 0.713. The van der Waals surface area contributed by atoms with Crippen molar-refractivity contribution in [2.75, 3.05) is 0 Å². The zero-order chi connectivity index (χ0) is 11.8. The van der Waals surface area contributed by atoms with Gasteiger partial charge in [0.2, 0.25) is 0 Å². The topological polar surface area (TPSA) is 12.4 Å². The van der Waals surface area contributed by atoms with E-state index in [0.717, 1.165) is 6.42 Å². The molecule has 0 aromatic heterocycles. The molecule has 2 aliphatic rings. The van der Waals surface area contributed by atoms with Crippen LogP contribution in [0.4, 0.5) is 0 Å². The van der Waals surface area contributed by atoms with Gasteiger partial charge in [-0.2, -0.15) is 0 Å². The summed E-state index contributed by atoms with van der Waals surface area (Å²) in [6.45, 7) is 4.51. The van der Waals surface area contributed by atoms with E-state index >= 15 is 0 Å². The molecule has 1 aromatic rings. The van der Waals surface area contributed by atoms with Gasteiger partial charge in [-0.25, -0.2) is 0 Å². The second kappa shape index (κ2) is 3.99. The van der Waals surface area contributed by atoms with Crippen LogP contribution in [0.2, 0.25) is 0 Å². The molecule has 1 aliphatic carbocycles. The third-order valence-electron chi connectivity index (χ3n) is 3.43. The van der Waals surface area contributed by atoms with Gasteiger partial charge in [-0.3, -0.25) is 4.99 Å². The second-order valence-electron chi connectivity index (χ2n) is 5.24. The molecule has 0 bridgehead atoms. The maximum atomic E-state index is 4.62. The third kappa shape index (κ3) is 1.76. The molecule has 3 rings (SSSR count). The van der Waals surface area contributed by atoms with Crippen LogP contribution in [0.3, 0.4) is 0 Å². The summed E-state index contributed by atoms with van der Waals surface area (Å²) < 4.78 is 0. The summed E-state index contributed by atoms with van der Waals surface area (Å²) >= 11 is 0. The van der Waals surface area contributed by atoms with E-state index in [-0.39, 0.29) is 0 Å². The van der Waals surface area contributed by atoms with Crippen molar-refractivity contribution in [3.05, 3.63) is 53.2 Å². The number of aliphatic imine (C=N–C) groups is 1. The molecule has 1 aliphatic heterocycles. The summed E-state index contributed by atoms with van der Waals surface area (Å²) in [6.07, 6.45) is 7.54. The van der Waals surface area contributed by atoms with Crippen LogP contribution in [0.15, 0.2) is 47.1 Å². The molecule has 0 saturated carbocycles. The zero-order valence-electron chi connectivity index (χ0n) is 10.4. The van der Waals surface area contributed by atoms with E-state index in [1.807, 2.05) is 6.20 Å². The van der Waals surface area contributed by atoms with Crippen molar-refractivity contribution >= 4 is 11.8 Å². The van der Waals surface area contributed by atoms with Crippen molar-refractivity contribution < 1.29 is 0 Å². The Morgan fingerprint density at radius 3 is 2.82 bits per heavy atom. The molecule has 0 radical (unpaired) electrons. The Morgan fingerprint density at radius 2 is 2.00 bits per heavy atom. The highest BCUT2D eigenvalue weighted by molar-refractivity contribution is 5.99. The first-order valence-electron chi connectivity index (χ1n) is 6.29. The number of hydrogen-bond acceptors (Lipinski definition) is 1.